The van der Waals surface area contributed by atoms with E-state index in [0.717, 1.165) is 18.1 Å². The van der Waals surface area contributed by atoms with Crippen molar-refractivity contribution in [3.8, 4) is 0 Å². The third-order valence-corrected chi connectivity index (χ3v) is 4.75. The number of nitrogen functional groups attached to an aromatic ring is 1. The maximum absolute atomic E-state index is 12.1. The van der Waals surface area contributed by atoms with Crippen molar-refractivity contribution in [3.05, 3.63) is 4.88 Å². The fourth-order valence-electron chi connectivity index (χ4n) is 1.76. The standard InChI is InChI=1S/C12H22N4O2S2/c1-5-6-16(3)12-15-10(13)9(19-12)11(17)14-8(2)7-20(4)18/h8H,5-7,13H2,1-4H3,(H,14,17). The number of nitrogens with one attached hydrogen (secondary N) is 1. The number of anilines is 2. The lowest BCUT2D eigenvalue weighted by Crippen LogP contribution is -2.36. The van der Waals surface area contributed by atoms with E-state index in [4.69, 9.17) is 5.73 Å². The highest BCUT2D eigenvalue weighted by Crippen LogP contribution is 2.27. The Kier molecular flexibility index (Phi) is 6.41. The van der Waals surface area contributed by atoms with Crippen LogP contribution in [0.5, 0.6) is 0 Å². The molecule has 0 saturated heterocycles. The molecule has 1 amide bonds. The first-order chi connectivity index (χ1) is 9.35. The first-order valence-corrected chi connectivity index (χ1v) is 8.97. The SMILES string of the molecule is CCCN(C)c1nc(N)c(C(=O)NC(C)CS(C)=O)s1. The zero-order valence-corrected chi connectivity index (χ0v) is 13.9. The van der Waals surface area contributed by atoms with Crippen LogP contribution in [0, 0.1) is 0 Å². The molecule has 20 heavy (non-hydrogen) atoms. The van der Waals surface area contributed by atoms with Gasteiger partial charge in [0.05, 0.1) is 0 Å². The predicted octanol–water partition coefficient (Wildman–Crippen LogP) is 1.07. The third-order valence-electron chi connectivity index (χ3n) is 2.60. The van der Waals surface area contributed by atoms with Crippen LogP contribution in [0.15, 0.2) is 0 Å². The molecule has 114 valence electrons. The topological polar surface area (TPSA) is 88.3 Å². The van der Waals surface area contributed by atoms with Crippen molar-refractivity contribution in [2.24, 2.45) is 0 Å². The van der Waals surface area contributed by atoms with Gasteiger partial charge in [-0.2, -0.15) is 0 Å². The fraction of sp³-hybridized carbons (Fsp3) is 0.667. The van der Waals surface area contributed by atoms with Crippen molar-refractivity contribution in [2.75, 3.05) is 36.2 Å². The van der Waals surface area contributed by atoms with Gasteiger partial charge in [-0.1, -0.05) is 18.3 Å². The zero-order chi connectivity index (χ0) is 15.3. The number of amides is 1. The van der Waals surface area contributed by atoms with Gasteiger partial charge in [-0.3, -0.25) is 9.00 Å². The van der Waals surface area contributed by atoms with Gasteiger partial charge in [-0.05, 0) is 13.3 Å². The highest BCUT2D eigenvalue weighted by molar-refractivity contribution is 7.84. The second kappa shape index (κ2) is 7.58. The fourth-order valence-corrected chi connectivity index (χ4v) is 3.42. The van der Waals surface area contributed by atoms with Gasteiger partial charge >= 0.3 is 0 Å². The van der Waals surface area contributed by atoms with E-state index in [2.05, 4.69) is 17.2 Å². The third kappa shape index (κ3) is 4.75. The molecule has 1 rings (SSSR count). The maximum atomic E-state index is 12.1. The minimum absolute atomic E-state index is 0.161. The summed E-state index contributed by atoms with van der Waals surface area (Å²) in [4.78, 5) is 18.7. The van der Waals surface area contributed by atoms with Crippen molar-refractivity contribution in [3.63, 3.8) is 0 Å². The van der Waals surface area contributed by atoms with E-state index < -0.39 is 10.8 Å². The van der Waals surface area contributed by atoms with Gasteiger partial charge in [0, 0.05) is 42.4 Å². The molecule has 0 aliphatic rings. The summed E-state index contributed by atoms with van der Waals surface area (Å²) in [6.07, 6.45) is 2.61. The average molecular weight is 318 g/mol. The minimum Gasteiger partial charge on any atom is -0.382 e. The summed E-state index contributed by atoms with van der Waals surface area (Å²) in [6, 6.07) is -0.161. The van der Waals surface area contributed by atoms with Crippen molar-refractivity contribution in [1.29, 1.82) is 0 Å². The van der Waals surface area contributed by atoms with Crippen molar-refractivity contribution < 1.29 is 9.00 Å². The van der Waals surface area contributed by atoms with Crippen LogP contribution in [0.3, 0.4) is 0 Å². The maximum Gasteiger partial charge on any atom is 0.265 e. The summed E-state index contributed by atoms with van der Waals surface area (Å²) in [7, 11) is 0.978. The summed E-state index contributed by atoms with van der Waals surface area (Å²) in [5.41, 5.74) is 5.81. The number of nitrogens with two attached hydrogens (primary N) is 1. The summed E-state index contributed by atoms with van der Waals surface area (Å²) in [5.74, 6) is 0.414. The number of carbonyl (C=O) groups excluding carboxylic acids is 1. The van der Waals surface area contributed by atoms with Crippen LogP contribution in [0.4, 0.5) is 10.9 Å². The van der Waals surface area contributed by atoms with Crippen LogP contribution in [0.2, 0.25) is 0 Å². The first-order valence-electron chi connectivity index (χ1n) is 6.43. The van der Waals surface area contributed by atoms with Gasteiger partial charge in [0.1, 0.15) is 10.7 Å². The van der Waals surface area contributed by atoms with Gasteiger partial charge < -0.3 is 16.0 Å². The molecule has 0 saturated carbocycles. The predicted molar refractivity (Wildman–Crippen MR) is 85.9 cm³/mol. The molecule has 0 radical (unpaired) electrons. The number of aromatic nitrogens is 1. The molecular weight excluding hydrogens is 296 g/mol. The monoisotopic (exact) mass is 318 g/mol. The lowest BCUT2D eigenvalue weighted by atomic mass is 10.3. The lowest BCUT2D eigenvalue weighted by molar-refractivity contribution is 0.0948. The molecule has 0 spiro atoms. The highest BCUT2D eigenvalue weighted by Gasteiger charge is 2.19. The van der Waals surface area contributed by atoms with Crippen LogP contribution in [-0.2, 0) is 10.8 Å². The molecular formula is C12H22N4O2S2. The second-order valence-electron chi connectivity index (χ2n) is 4.75. The quantitative estimate of drug-likeness (QED) is 0.785. The van der Waals surface area contributed by atoms with E-state index in [9.17, 15) is 9.00 Å². The van der Waals surface area contributed by atoms with Crippen molar-refractivity contribution in [2.45, 2.75) is 26.3 Å². The van der Waals surface area contributed by atoms with Crippen molar-refractivity contribution in [1.82, 2.24) is 10.3 Å². The summed E-state index contributed by atoms with van der Waals surface area (Å²) in [6.45, 7) is 4.76. The van der Waals surface area contributed by atoms with Gasteiger partial charge in [-0.15, -0.1) is 0 Å². The number of carbonyl (C=O) groups is 1. The molecule has 1 aromatic heterocycles. The van der Waals surface area contributed by atoms with E-state index in [1.165, 1.54) is 11.3 Å². The van der Waals surface area contributed by atoms with E-state index in [1.807, 2.05) is 18.9 Å². The Morgan fingerprint density at radius 2 is 2.25 bits per heavy atom. The van der Waals surface area contributed by atoms with E-state index >= 15 is 0 Å². The van der Waals surface area contributed by atoms with Crippen LogP contribution < -0.4 is 16.0 Å². The molecule has 1 heterocycles. The Bertz CT molecular complexity index is 490. The van der Waals surface area contributed by atoms with E-state index in [0.29, 0.717) is 10.6 Å². The van der Waals surface area contributed by atoms with Crippen LogP contribution in [-0.4, -0.2) is 46.7 Å². The van der Waals surface area contributed by atoms with E-state index in [1.54, 1.807) is 6.26 Å². The lowest BCUT2D eigenvalue weighted by Gasteiger charge is -2.13. The highest BCUT2D eigenvalue weighted by atomic mass is 32.2. The van der Waals surface area contributed by atoms with Gasteiger partial charge in [-0.25, -0.2) is 4.98 Å². The first kappa shape index (κ1) is 16.9. The zero-order valence-electron chi connectivity index (χ0n) is 12.3. The molecule has 2 atom stereocenters. The summed E-state index contributed by atoms with van der Waals surface area (Å²) < 4.78 is 11.1. The number of rotatable bonds is 7. The summed E-state index contributed by atoms with van der Waals surface area (Å²) >= 11 is 1.28. The normalized spacial score (nSPS) is 13.8. The minimum atomic E-state index is -0.945. The Labute approximate surface area is 126 Å². The van der Waals surface area contributed by atoms with Gasteiger partial charge in [0.25, 0.3) is 5.91 Å². The second-order valence-corrected chi connectivity index (χ2v) is 7.20. The number of thiazole rings is 1. The van der Waals surface area contributed by atoms with Gasteiger partial charge in [0.15, 0.2) is 5.13 Å². The van der Waals surface area contributed by atoms with Crippen LogP contribution >= 0.6 is 11.3 Å². The summed E-state index contributed by atoms with van der Waals surface area (Å²) in [5, 5.41) is 3.53. The smallest absolute Gasteiger partial charge is 0.265 e. The molecule has 1 aromatic rings. The van der Waals surface area contributed by atoms with Crippen LogP contribution in [0.25, 0.3) is 0 Å². The Hall–Kier alpha value is -1.15. The molecule has 0 aliphatic heterocycles. The van der Waals surface area contributed by atoms with E-state index in [-0.39, 0.29) is 17.8 Å². The Morgan fingerprint density at radius 3 is 2.80 bits per heavy atom. The molecule has 0 fully saturated rings. The number of nitrogens with zero attached hydrogens (tertiary/aromatic N) is 2. The molecule has 3 N–H and O–H groups in total. The van der Waals surface area contributed by atoms with Gasteiger partial charge in [0.2, 0.25) is 0 Å². The number of hydrogen-bond donors (Lipinski definition) is 2. The Morgan fingerprint density at radius 1 is 1.60 bits per heavy atom. The van der Waals surface area contributed by atoms with Crippen molar-refractivity contribution >= 4 is 39.0 Å². The number of hydrogen-bond acceptors (Lipinski definition) is 6. The Balaban J connectivity index is 2.76. The molecule has 6 nitrogen and oxygen atoms in total. The average Bonchev–Trinajstić information content (AvgIpc) is 2.70. The molecule has 0 bridgehead atoms. The largest absolute Gasteiger partial charge is 0.382 e. The molecule has 2 unspecified atom stereocenters. The molecule has 8 heteroatoms. The molecule has 0 aliphatic carbocycles. The van der Waals surface area contributed by atoms with Crippen LogP contribution in [0.1, 0.15) is 29.9 Å². The molecule has 0 aromatic carbocycles.